The zero-order chi connectivity index (χ0) is 16.3. The summed E-state index contributed by atoms with van der Waals surface area (Å²) in [4.78, 5) is 28.5. The van der Waals surface area contributed by atoms with Crippen molar-refractivity contribution in [1.29, 1.82) is 0 Å². The predicted octanol–water partition coefficient (Wildman–Crippen LogP) is 3.36. The van der Waals surface area contributed by atoms with E-state index in [4.69, 9.17) is 4.74 Å². The lowest BCUT2D eigenvalue weighted by molar-refractivity contribution is 0.0525. The maximum absolute atomic E-state index is 12.4. The second kappa shape index (κ2) is 6.79. The van der Waals surface area contributed by atoms with Gasteiger partial charge in [-0.15, -0.1) is 11.3 Å². The minimum absolute atomic E-state index is 0.0819. The molecule has 0 saturated heterocycles. The number of ether oxygens (including phenoxy) is 1. The number of carbonyl (C=O) groups excluding carboxylic acids is 2. The molecule has 0 aliphatic carbocycles. The highest BCUT2D eigenvalue weighted by molar-refractivity contribution is 7.10. The fourth-order valence-electron chi connectivity index (χ4n) is 2.36. The van der Waals surface area contributed by atoms with Crippen LogP contribution in [0.2, 0.25) is 0 Å². The molecular weight excluding hydrogens is 300 g/mol. The largest absolute Gasteiger partial charge is 0.462 e. The van der Waals surface area contributed by atoms with Crippen LogP contribution in [-0.4, -0.2) is 23.5 Å². The van der Waals surface area contributed by atoms with Gasteiger partial charge in [0.15, 0.2) is 0 Å². The molecule has 0 aromatic carbocycles. The van der Waals surface area contributed by atoms with E-state index in [1.807, 2.05) is 24.4 Å². The number of esters is 1. The zero-order valence-corrected chi connectivity index (χ0v) is 14.0. The molecule has 6 heteroatoms. The third kappa shape index (κ3) is 3.22. The van der Waals surface area contributed by atoms with E-state index in [2.05, 4.69) is 10.3 Å². The molecule has 2 aromatic heterocycles. The van der Waals surface area contributed by atoms with E-state index >= 15 is 0 Å². The van der Waals surface area contributed by atoms with Crippen molar-refractivity contribution in [1.82, 2.24) is 10.3 Å². The number of aryl methyl sites for hydroxylation is 1. The molecular formula is C16H20N2O3S. The Morgan fingerprint density at radius 1 is 1.41 bits per heavy atom. The predicted molar refractivity (Wildman–Crippen MR) is 86.4 cm³/mol. The Labute approximate surface area is 133 Å². The third-order valence-corrected chi connectivity index (χ3v) is 4.52. The molecule has 5 nitrogen and oxygen atoms in total. The first-order chi connectivity index (χ1) is 10.5. The molecule has 0 aliphatic heterocycles. The average molecular weight is 320 g/mol. The standard InChI is InChI=1S/C16H20N2O3S/c1-5-21-16(20)13-9(2)14(17-11(13)4)15(19)18-10(3)12-7-6-8-22-12/h6-8,10,17H,5H2,1-4H3,(H,18,19). The number of aromatic amines is 1. The van der Waals surface area contributed by atoms with Crippen molar-refractivity contribution < 1.29 is 14.3 Å². The fourth-order valence-corrected chi connectivity index (χ4v) is 3.10. The van der Waals surface area contributed by atoms with Gasteiger partial charge in [-0.1, -0.05) is 6.07 Å². The molecule has 1 atom stereocenters. The van der Waals surface area contributed by atoms with Crippen LogP contribution in [0.1, 0.15) is 56.9 Å². The molecule has 0 saturated carbocycles. The van der Waals surface area contributed by atoms with E-state index in [0.29, 0.717) is 29.1 Å². The highest BCUT2D eigenvalue weighted by Crippen LogP contribution is 2.22. The summed E-state index contributed by atoms with van der Waals surface area (Å²) in [5, 5.41) is 4.91. The molecule has 2 N–H and O–H groups in total. The number of carbonyl (C=O) groups is 2. The number of H-pyrrole nitrogens is 1. The molecule has 2 heterocycles. The maximum Gasteiger partial charge on any atom is 0.340 e. The number of rotatable bonds is 5. The summed E-state index contributed by atoms with van der Waals surface area (Å²) in [5.41, 5.74) is 2.11. The van der Waals surface area contributed by atoms with Gasteiger partial charge in [-0.2, -0.15) is 0 Å². The minimum atomic E-state index is -0.404. The van der Waals surface area contributed by atoms with E-state index in [0.717, 1.165) is 4.88 Å². The Hall–Kier alpha value is -2.08. The molecule has 1 unspecified atom stereocenters. The highest BCUT2D eigenvalue weighted by atomic mass is 32.1. The Morgan fingerprint density at radius 2 is 2.14 bits per heavy atom. The smallest absolute Gasteiger partial charge is 0.340 e. The van der Waals surface area contributed by atoms with Gasteiger partial charge in [-0.3, -0.25) is 4.79 Å². The van der Waals surface area contributed by atoms with Crippen LogP contribution in [0.5, 0.6) is 0 Å². The second-order valence-electron chi connectivity index (χ2n) is 5.06. The van der Waals surface area contributed by atoms with Gasteiger partial charge in [-0.25, -0.2) is 4.79 Å². The average Bonchev–Trinajstić information content (AvgIpc) is 3.07. The number of hydrogen-bond acceptors (Lipinski definition) is 4. The van der Waals surface area contributed by atoms with Crippen LogP contribution in [0.15, 0.2) is 17.5 Å². The molecule has 1 amide bonds. The quantitative estimate of drug-likeness (QED) is 0.830. The van der Waals surface area contributed by atoms with Crippen LogP contribution in [0.3, 0.4) is 0 Å². The van der Waals surface area contributed by atoms with Crippen LogP contribution in [0.4, 0.5) is 0 Å². The molecule has 0 fully saturated rings. The Kier molecular flexibility index (Phi) is 5.03. The van der Waals surface area contributed by atoms with Gasteiger partial charge >= 0.3 is 5.97 Å². The van der Waals surface area contributed by atoms with Gasteiger partial charge in [-0.05, 0) is 44.7 Å². The molecule has 0 bridgehead atoms. The molecule has 0 radical (unpaired) electrons. The Morgan fingerprint density at radius 3 is 2.73 bits per heavy atom. The van der Waals surface area contributed by atoms with Crippen molar-refractivity contribution in [3.63, 3.8) is 0 Å². The van der Waals surface area contributed by atoms with Crippen molar-refractivity contribution >= 4 is 23.2 Å². The number of nitrogens with one attached hydrogen (secondary N) is 2. The summed E-state index contributed by atoms with van der Waals surface area (Å²) >= 11 is 1.59. The first-order valence-corrected chi connectivity index (χ1v) is 8.04. The molecule has 0 spiro atoms. The molecule has 118 valence electrons. The topological polar surface area (TPSA) is 71.2 Å². The van der Waals surface area contributed by atoms with Crippen LogP contribution < -0.4 is 5.32 Å². The number of thiophene rings is 1. The third-order valence-electron chi connectivity index (χ3n) is 3.46. The first kappa shape index (κ1) is 16.3. The first-order valence-electron chi connectivity index (χ1n) is 7.16. The minimum Gasteiger partial charge on any atom is -0.462 e. The number of amides is 1. The molecule has 0 aliphatic rings. The van der Waals surface area contributed by atoms with Crippen molar-refractivity contribution in [2.24, 2.45) is 0 Å². The highest BCUT2D eigenvalue weighted by Gasteiger charge is 2.23. The molecule has 2 rings (SSSR count). The zero-order valence-electron chi connectivity index (χ0n) is 13.1. The van der Waals surface area contributed by atoms with Crippen LogP contribution >= 0.6 is 11.3 Å². The normalized spacial score (nSPS) is 12.0. The second-order valence-corrected chi connectivity index (χ2v) is 6.04. The van der Waals surface area contributed by atoms with E-state index in [9.17, 15) is 9.59 Å². The summed E-state index contributed by atoms with van der Waals surface area (Å²) in [6.07, 6.45) is 0. The monoisotopic (exact) mass is 320 g/mol. The summed E-state index contributed by atoms with van der Waals surface area (Å²) < 4.78 is 5.03. The van der Waals surface area contributed by atoms with Gasteiger partial charge in [0, 0.05) is 10.6 Å². The van der Waals surface area contributed by atoms with Crippen molar-refractivity contribution in [2.75, 3.05) is 6.61 Å². The summed E-state index contributed by atoms with van der Waals surface area (Å²) in [5.74, 6) is -0.629. The summed E-state index contributed by atoms with van der Waals surface area (Å²) in [6, 6.07) is 3.85. The summed E-state index contributed by atoms with van der Waals surface area (Å²) in [6.45, 7) is 7.51. The van der Waals surface area contributed by atoms with E-state index in [1.165, 1.54) is 0 Å². The van der Waals surface area contributed by atoms with Crippen LogP contribution in [0, 0.1) is 13.8 Å². The Bertz CT molecular complexity index is 674. The van der Waals surface area contributed by atoms with Gasteiger partial charge in [0.25, 0.3) is 5.91 Å². The number of aromatic nitrogens is 1. The van der Waals surface area contributed by atoms with E-state index in [1.54, 1.807) is 32.1 Å². The van der Waals surface area contributed by atoms with Crippen molar-refractivity contribution in [3.05, 3.63) is 44.9 Å². The Balaban J connectivity index is 2.20. The van der Waals surface area contributed by atoms with Crippen LogP contribution in [0.25, 0.3) is 0 Å². The maximum atomic E-state index is 12.4. The van der Waals surface area contributed by atoms with Gasteiger partial charge in [0.1, 0.15) is 5.69 Å². The van der Waals surface area contributed by atoms with Gasteiger partial charge in [0.05, 0.1) is 18.2 Å². The molecule has 2 aromatic rings. The lowest BCUT2D eigenvalue weighted by atomic mass is 10.1. The SMILES string of the molecule is CCOC(=O)c1c(C)[nH]c(C(=O)NC(C)c2cccs2)c1C. The van der Waals surface area contributed by atoms with Gasteiger partial charge < -0.3 is 15.0 Å². The van der Waals surface area contributed by atoms with Gasteiger partial charge in [0.2, 0.25) is 0 Å². The van der Waals surface area contributed by atoms with E-state index < -0.39 is 5.97 Å². The van der Waals surface area contributed by atoms with Crippen LogP contribution in [-0.2, 0) is 4.74 Å². The van der Waals surface area contributed by atoms with E-state index in [-0.39, 0.29) is 11.9 Å². The fraction of sp³-hybridized carbons (Fsp3) is 0.375. The molecule has 22 heavy (non-hydrogen) atoms. The lowest BCUT2D eigenvalue weighted by Gasteiger charge is -2.12. The lowest BCUT2D eigenvalue weighted by Crippen LogP contribution is -2.27. The summed E-state index contributed by atoms with van der Waals surface area (Å²) in [7, 11) is 0. The van der Waals surface area contributed by atoms with Crippen molar-refractivity contribution in [2.45, 2.75) is 33.7 Å². The number of hydrogen-bond donors (Lipinski definition) is 2. The van der Waals surface area contributed by atoms with Crippen molar-refractivity contribution in [3.8, 4) is 0 Å².